The number of amides is 2. The van der Waals surface area contributed by atoms with Crippen LogP contribution < -0.4 is 5.32 Å². The smallest absolute Gasteiger partial charge is 0.244 e. The lowest BCUT2D eigenvalue weighted by atomic mass is 10.2. The summed E-state index contributed by atoms with van der Waals surface area (Å²) in [4.78, 5) is 25.4. The molecule has 2 aromatic rings. The molecule has 2 amide bonds. The Labute approximate surface area is 148 Å². The van der Waals surface area contributed by atoms with E-state index >= 15 is 0 Å². The molecule has 2 rings (SSSR count). The van der Waals surface area contributed by atoms with Crippen LogP contribution in [-0.4, -0.2) is 23.3 Å². The fraction of sp³-hybridized carbons (Fsp3) is 0.222. The van der Waals surface area contributed by atoms with Crippen LogP contribution in [0, 0.1) is 12.7 Å². The molecule has 0 aliphatic rings. The normalized spacial score (nSPS) is 10.3. The van der Waals surface area contributed by atoms with Gasteiger partial charge in [-0.15, -0.1) is 0 Å². The minimum absolute atomic E-state index is 0.0676. The summed E-state index contributed by atoms with van der Waals surface area (Å²) in [7, 11) is 0. The molecular weight excluding hydrogens is 375 g/mol. The van der Waals surface area contributed by atoms with Gasteiger partial charge < -0.3 is 10.2 Å². The van der Waals surface area contributed by atoms with Gasteiger partial charge in [0.1, 0.15) is 12.4 Å². The van der Waals surface area contributed by atoms with E-state index < -0.39 is 0 Å². The first-order chi connectivity index (χ1) is 11.3. The van der Waals surface area contributed by atoms with Crippen LogP contribution in [0.5, 0.6) is 0 Å². The lowest BCUT2D eigenvalue weighted by molar-refractivity contribution is -0.133. The number of nitrogens with one attached hydrogen (secondary N) is 1. The molecule has 0 bridgehead atoms. The van der Waals surface area contributed by atoms with Crippen LogP contribution >= 0.6 is 15.9 Å². The van der Waals surface area contributed by atoms with E-state index in [2.05, 4.69) is 21.2 Å². The highest BCUT2D eigenvalue weighted by atomic mass is 79.9. The standard InChI is InChI=1S/C18H18BrFN2O2/c1-12-9-16(7-8-17(12)19)21-18(24)11-22(13(2)23)10-14-3-5-15(20)6-4-14/h3-9H,10-11H2,1-2H3,(H,21,24). The Morgan fingerprint density at radius 1 is 1.17 bits per heavy atom. The van der Waals surface area contributed by atoms with Crippen LogP contribution in [0.25, 0.3) is 0 Å². The molecular formula is C18H18BrFN2O2. The van der Waals surface area contributed by atoms with Crippen LogP contribution in [0.15, 0.2) is 46.9 Å². The van der Waals surface area contributed by atoms with Crippen LogP contribution in [0.1, 0.15) is 18.1 Å². The second-order valence-corrected chi connectivity index (χ2v) is 6.37. The maximum Gasteiger partial charge on any atom is 0.244 e. The Kier molecular flexibility index (Phi) is 6.09. The summed E-state index contributed by atoms with van der Waals surface area (Å²) in [5, 5.41) is 2.78. The number of anilines is 1. The molecule has 0 atom stereocenters. The Bertz CT molecular complexity index is 747. The van der Waals surface area contributed by atoms with Gasteiger partial charge in [0.05, 0.1) is 0 Å². The van der Waals surface area contributed by atoms with E-state index in [4.69, 9.17) is 0 Å². The van der Waals surface area contributed by atoms with Gasteiger partial charge in [-0.25, -0.2) is 4.39 Å². The van der Waals surface area contributed by atoms with Crippen LogP contribution in [0.2, 0.25) is 0 Å². The third kappa shape index (κ3) is 5.16. The van der Waals surface area contributed by atoms with E-state index in [0.29, 0.717) is 5.69 Å². The van der Waals surface area contributed by atoms with Gasteiger partial charge in [-0.3, -0.25) is 9.59 Å². The third-order valence-electron chi connectivity index (χ3n) is 3.51. The molecule has 24 heavy (non-hydrogen) atoms. The largest absolute Gasteiger partial charge is 0.329 e. The molecule has 0 saturated heterocycles. The number of halogens is 2. The van der Waals surface area contributed by atoms with E-state index in [-0.39, 0.29) is 30.7 Å². The molecule has 0 heterocycles. The van der Waals surface area contributed by atoms with Crippen molar-refractivity contribution in [3.05, 3.63) is 63.9 Å². The second kappa shape index (κ2) is 8.06. The van der Waals surface area contributed by atoms with Crippen molar-refractivity contribution in [1.82, 2.24) is 4.90 Å². The van der Waals surface area contributed by atoms with E-state index in [1.807, 2.05) is 19.1 Å². The van der Waals surface area contributed by atoms with Crippen LogP contribution in [0.3, 0.4) is 0 Å². The lowest BCUT2D eigenvalue weighted by Gasteiger charge is -2.20. The monoisotopic (exact) mass is 392 g/mol. The fourth-order valence-electron chi connectivity index (χ4n) is 2.19. The maximum atomic E-state index is 12.9. The molecule has 0 radical (unpaired) electrons. The molecule has 0 aliphatic carbocycles. The summed E-state index contributed by atoms with van der Waals surface area (Å²) in [5.41, 5.74) is 2.44. The molecule has 4 nitrogen and oxygen atoms in total. The highest BCUT2D eigenvalue weighted by Crippen LogP contribution is 2.20. The first-order valence-electron chi connectivity index (χ1n) is 7.41. The molecule has 0 unspecified atom stereocenters. The first-order valence-corrected chi connectivity index (χ1v) is 8.20. The molecule has 1 N–H and O–H groups in total. The van der Waals surface area contributed by atoms with Gasteiger partial charge >= 0.3 is 0 Å². The third-order valence-corrected chi connectivity index (χ3v) is 4.40. The number of hydrogen-bond acceptors (Lipinski definition) is 2. The fourth-order valence-corrected chi connectivity index (χ4v) is 2.43. The van der Waals surface area contributed by atoms with Gasteiger partial charge in [-0.2, -0.15) is 0 Å². The molecule has 0 spiro atoms. The Morgan fingerprint density at radius 3 is 2.42 bits per heavy atom. The molecule has 2 aromatic carbocycles. The zero-order valence-electron chi connectivity index (χ0n) is 13.5. The average Bonchev–Trinajstić information content (AvgIpc) is 2.52. The maximum absolute atomic E-state index is 12.9. The van der Waals surface area contributed by atoms with Gasteiger partial charge in [0.2, 0.25) is 11.8 Å². The Balaban J connectivity index is 2.01. The summed E-state index contributed by atoms with van der Waals surface area (Å²) in [6.07, 6.45) is 0. The number of carbonyl (C=O) groups is 2. The van der Waals surface area contributed by atoms with Gasteiger partial charge in [0.15, 0.2) is 0 Å². The Morgan fingerprint density at radius 2 is 1.83 bits per heavy atom. The number of carbonyl (C=O) groups excluding carboxylic acids is 2. The minimum atomic E-state index is -0.337. The van der Waals surface area contributed by atoms with E-state index in [1.165, 1.54) is 24.0 Å². The minimum Gasteiger partial charge on any atom is -0.329 e. The van der Waals surface area contributed by atoms with Crippen LogP contribution in [0.4, 0.5) is 10.1 Å². The highest BCUT2D eigenvalue weighted by Gasteiger charge is 2.14. The highest BCUT2D eigenvalue weighted by molar-refractivity contribution is 9.10. The van der Waals surface area contributed by atoms with Crippen molar-refractivity contribution < 1.29 is 14.0 Å². The van der Waals surface area contributed by atoms with E-state index in [9.17, 15) is 14.0 Å². The van der Waals surface area contributed by atoms with Gasteiger partial charge in [-0.1, -0.05) is 28.1 Å². The predicted molar refractivity (Wildman–Crippen MR) is 95.0 cm³/mol. The second-order valence-electron chi connectivity index (χ2n) is 5.51. The molecule has 126 valence electrons. The van der Waals surface area contributed by atoms with Gasteiger partial charge in [0.25, 0.3) is 0 Å². The summed E-state index contributed by atoms with van der Waals surface area (Å²) < 4.78 is 13.9. The van der Waals surface area contributed by atoms with E-state index in [1.54, 1.807) is 18.2 Å². The SMILES string of the molecule is CC(=O)N(CC(=O)Nc1ccc(Br)c(C)c1)Cc1ccc(F)cc1. The van der Waals surface area contributed by atoms with Crippen molar-refractivity contribution >= 4 is 33.4 Å². The van der Waals surface area contributed by atoms with Gasteiger partial charge in [0, 0.05) is 23.6 Å². The van der Waals surface area contributed by atoms with Crippen LogP contribution in [-0.2, 0) is 16.1 Å². The number of nitrogens with zero attached hydrogens (tertiary/aromatic N) is 1. The summed E-state index contributed by atoms with van der Waals surface area (Å²) in [6.45, 7) is 3.51. The predicted octanol–water partition coefficient (Wildman–Crippen LogP) is 3.88. The van der Waals surface area contributed by atoms with Crippen molar-refractivity contribution in [2.24, 2.45) is 0 Å². The molecule has 6 heteroatoms. The molecule has 0 saturated carbocycles. The molecule has 0 aromatic heterocycles. The van der Waals surface area contributed by atoms with E-state index in [0.717, 1.165) is 15.6 Å². The summed E-state index contributed by atoms with van der Waals surface area (Å²) in [5.74, 6) is -0.841. The quantitative estimate of drug-likeness (QED) is 0.838. The number of rotatable bonds is 5. The van der Waals surface area contributed by atoms with Gasteiger partial charge in [-0.05, 0) is 48.4 Å². The summed E-state index contributed by atoms with van der Waals surface area (Å²) in [6, 6.07) is 11.3. The average molecular weight is 393 g/mol. The van der Waals surface area contributed by atoms with Crippen molar-refractivity contribution in [3.8, 4) is 0 Å². The zero-order valence-corrected chi connectivity index (χ0v) is 15.1. The van der Waals surface area contributed by atoms with Crippen molar-refractivity contribution in [3.63, 3.8) is 0 Å². The van der Waals surface area contributed by atoms with Crippen molar-refractivity contribution in [2.45, 2.75) is 20.4 Å². The lowest BCUT2D eigenvalue weighted by Crippen LogP contribution is -2.36. The van der Waals surface area contributed by atoms with Crippen molar-refractivity contribution in [2.75, 3.05) is 11.9 Å². The molecule has 0 fully saturated rings. The number of aryl methyl sites for hydroxylation is 1. The first kappa shape index (κ1) is 18.1. The number of benzene rings is 2. The molecule has 0 aliphatic heterocycles. The van der Waals surface area contributed by atoms with Crippen molar-refractivity contribution in [1.29, 1.82) is 0 Å². The topological polar surface area (TPSA) is 49.4 Å². The number of hydrogen-bond donors (Lipinski definition) is 1. The zero-order chi connectivity index (χ0) is 17.7. The summed E-state index contributed by atoms with van der Waals surface area (Å²) >= 11 is 3.40. The Hall–Kier alpha value is -2.21.